The summed E-state index contributed by atoms with van der Waals surface area (Å²) < 4.78 is 5.49. The first-order valence-corrected chi connectivity index (χ1v) is 8.64. The van der Waals surface area contributed by atoms with Gasteiger partial charge in [0.1, 0.15) is 0 Å². The Balaban J connectivity index is 1.51. The van der Waals surface area contributed by atoms with Crippen molar-refractivity contribution in [2.24, 2.45) is 5.92 Å². The van der Waals surface area contributed by atoms with Crippen molar-refractivity contribution in [2.45, 2.75) is 31.8 Å². The number of ether oxygens (including phenoxy) is 1. The first-order chi connectivity index (χ1) is 11.6. The molecule has 0 unspecified atom stereocenters. The Hall–Kier alpha value is -1.99. The van der Waals surface area contributed by atoms with E-state index in [1.165, 1.54) is 0 Å². The van der Waals surface area contributed by atoms with E-state index >= 15 is 0 Å². The topological polar surface area (TPSA) is 79.5 Å². The summed E-state index contributed by atoms with van der Waals surface area (Å²) in [4.78, 5) is 23.9. The Morgan fingerprint density at radius 3 is 2.79 bits per heavy atom. The lowest BCUT2D eigenvalue weighted by Crippen LogP contribution is -2.35. The fourth-order valence-electron chi connectivity index (χ4n) is 2.57. The summed E-state index contributed by atoms with van der Waals surface area (Å²) in [5.41, 5.74) is 1.20. The largest absolute Gasteiger partial charge is 0.376 e. The minimum Gasteiger partial charge on any atom is -0.376 e. The average Bonchev–Trinajstić information content (AvgIpc) is 3.29. The molecule has 6 nitrogen and oxygen atoms in total. The maximum atomic E-state index is 12.2. The molecule has 1 aromatic carbocycles. The molecule has 1 saturated heterocycles. The SMILES string of the molecule is O=C(NC[C@@H]1CCCO1)c1cccc(NC(=S)NC(=O)C2CC2)c1. The molecule has 3 rings (SSSR count). The van der Waals surface area contributed by atoms with Crippen LogP contribution in [-0.4, -0.2) is 36.2 Å². The molecule has 0 spiro atoms. The first kappa shape index (κ1) is 16.9. The zero-order valence-corrected chi connectivity index (χ0v) is 14.2. The lowest BCUT2D eigenvalue weighted by molar-refractivity contribution is -0.120. The Morgan fingerprint density at radius 1 is 1.25 bits per heavy atom. The average molecular weight is 347 g/mol. The number of hydrogen-bond acceptors (Lipinski definition) is 4. The summed E-state index contributed by atoms with van der Waals surface area (Å²) in [6, 6.07) is 7.02. The van der Waals surface area contributed by atoms with Crippen LogP contribution in [0.5, 0.6) is 0 Å². The highest BCUT2D eigenvalue weighted by Crippen LogP contribution is 2.28. The highest BCUT2D eigenvalue weighted by molar-refractivity contribution is 7.80. The molecule has 7 heteroatoms. The van der Waals surface area contributed by atoms with Crippen molar-refractivity contribution in [3.05, 3.63) is 29.8 Å². The van der Waals surface area contributed by atoms with E-state index in [1.807, 2.05) is 0 Å². The van der Waals surface area contributed by atoms with Gasteiger partial charge in [-0.1, -0.05) is 6.07 Å². The van der Waals surface area contributed by atoms with Crippen molar-refractivity contribution in [2.75, 3.05) is 18.5 Å². The number of rotatable bonds is 5. The normalized spacial score (nSPS) is 19.6. The molecule has 1 saturated carbocycles. The lowest BCUT2D eigenvalue weighted by Gasteiger charge is -2.12. The molecule has 1 aliphatic heterocycles. The van der Waals surface area contributed by atoms with Crippen molar-refractivity contribution in [1.82, 2.24) is 10.6 Å². The molecule has 24 heavy (non-hydrogen) atoms. The Labute approximate surface area is 146 Å². The van der Waals surface area contributed by atoms with Crippen LogP contribution in [0.4, 0.5) is 5.69 Å². The number of thiocarbonyl (C=S) groups is 1. The molecule has 0 radical (unpaired) electrons. The predicted molar refractivity (Wildman–Crippen MR) is 94.8 cm³/mol. The van der Waals surface area contributed by atoms with Gasteiger partial charge in [0.15, 0.2) is 5.11 Å². The van der Waals surface area contributed by atoms with Crippen molar-refractivity contribution in [3.63, 3.8) is 0 Å². The second-order valence-electron chi connectivity index (χ2n) is 6.14. The number of amides is 2. The molecule has 0 bridgehead atoms. The summed E-state index contributed by atoms with van der Waals surface area (Å²) in [5, 5.41) is 8.74. The van der Waals surface area contributed by atoms with Crippen molar-refractivity contribution < 1.29 is 14.3 Å². The second kappa shape index (κ2) is 7.72. The Kier molecular flexibility index (Phi) is 5.42. The van der Waals surface area contributed by atoms with Crippen LogP contribution in [0.2, 0.25) is 0 Å². The standard InChI is InChI=1S/C17H21N3O3S/c21-15(18-10-14-5-2-8-23-14)12-3-1-4-13(9-12)19-17(24)20-16(22)11-6-7-11/h1,3-4,9,11,14H,2,5-8,10H2,(H,18,21)(H2,19,20,22,24)/t14-/m0/s1. The number of carbonyl (C=O) groups excluding carboxylic acids is 2. The smallest absolute Gasteiger partial charge is 0.251 e. The van der Waals surface area contributed by atoms with E-state index in [1.54, 1.807) is 24.3 Å². The van der Waals surface area contributed by atoms with E-state index in [2.05, 4.69) is 16.0 Å². The minimum absolute atomic E-state index is 0.0436. The van der Waals surface area contributed by atoms with Gasteiger partial charge in [0.2, 0.25) is 5.91 Å². The van der Waals surface area contributed by atoms with Gasteiger partial charge < -0.3 is 20.7 Å². The zero-order chi connectivity index (χ0) is 16.9. The molecule has 1 aromatic rings. The molecule has 128 valence electrons. The fraction of sp³-hybridized carbons (Fsp3) is 0.471. The number of benzene rings is 1. The van der Waals surface area contributed by atoms with E-state index in [0.29, 0.717) is 17.8 Å². The van der Waals surface area contributed by atoms with Gasteiger partial charge in [0, 0.05) is 30.3 Å². The molecular weight excluding hydrogens is 326 g/mol. The van der Waals surface area contributed by atoms with Gasteiger partial charge in [-0.2, -0.15) is 0 Å². The molecule has 2 aliphatic rings. The molecule has 3 N–H and O–H groups in total. The third-order valence-corrected chi connectivity index (χ3v) is 4.29. The van der Waals surface area contributed by atoms with Gasteiger partial charge in [-0.15, -0.1) is 0 Å². The van der Waals surface area contributed by atoms with Crippen molar-refractivity contribution >= 4 is 34.8 Å². The summed E-state index contributed by atoms with van der Waals surface area (Å²) in [6.45, 7) is 1.29. The molecular formula is C17H21N3O3S. The van der Waals surface area contributed by atoms with Crippen LogP contribution in [-0.2, 0) is 9.53 Å². The summed E-state index contributed by atoms with van der Waals surface area (Å²) in [5.74, 6) is -0.0975. The number of hydrogen-bond donors (Lipinski definition) is 3. The third-order valence-electron chi connectivity index (χ3n) is 4.08. The van der Waals surface area contributed by atoms with E-state index in [4.69, 9.17) is 17.0 Å². The van der Waals surface area contributed by atoms with E-state index in [-0.39, 0.29) is 28.9 Å². The third kappa shape index (κ3) is 4.75. The van der Waals surface area contributed by atoms with Crippen LogP contribution in [0, 0.1) is 5.92 Å². The van der Waals surface area contributed by atoms with Crippen LogP contribution in [0.25, 0.3) is 0 Å². The maximum Gasteiger partial charge on any atom is 0.251 e. The zero-order valence-electron chi connectivity index (χ0n) is 13.3. The number of carbonyl (C=O) groups is 2. The summed E-state index contributed by atoms with van der Waals surface area (Å²) in [6.07, 6.45) is 3.99. The quantitative estimate of drug-likeness (QED) is 0.708. The van der Waals surface area contributed by atoms with Gasteiger partial charge >= 0.3 is 0 Å². The Bertz CT molecular complexity index is 640. The lowest BCUT2D eigenvalue weighted by atomic mass is 10.1. The molecule has 1 atom stereocenters. The van der Waals surface area contributed by atoms with Crippen LogP contribution in [0.3, 0.4) is 0 Å². The van der Waals surface area contributed by atoms with Gasteiger partial charge in [0.25, 0.3) is 5.91 Å². The van der Waals surface area contributed by atoms with Gasteiger partial charge in [-0.25, -0.2) is 0 Å². The predicted octanol–water partition coefficient (Wildman–Crippen LogP) is 1.82. The van der Waals surface area contributed by atoms with Crippen LogP contribution < -0.4 is 16.0 Å². The number of nitrogens with one attached hydrogen (secondary N) is 3. The second-order valence-corrected chi connectivity index (χ2v) is 6.55. The van der Waals surface area contributed by atoms with Crippen LogP contribution in [0.15, 0.2) is 24.3 Å². The fourth-order valence-corrected chi connectivity index (χ4v) is 2.79. The van der Waals surface area contributed by atoms with E-state index in [0.717, 1.165) is 32.3 Å². The number of anilines is 1. The highest BCUT2D eigenvalue weighted by Gasteiger charge is 2.30. The molecule has 2 fully saturated rings. The molecule has 1 heterocycles. The van der Waals surface area contributed by atoms with Gasteiger partial charge in [-0.05, 0) is 56.1 Å². The van der Waals surface area contributed by atoms with E-state index in [9.17, 15) is 9.59 Å². The van der Waals surface area contributed by atoms with E-state index < -0.39 is 0 Å². The van der Waals surface area contributed by atoms with Gasteiger partial charge in [0.05, 0.1) is 6.10 Å². The van der Waals surface area contributed by atoms with Crippen molar-refractivity contribution in [1.29, 1.82) is 0 Å². The highest BCUT2D eigenvalue weighted by atomic mass is 32.1. The summed E-state index contributed by atoms with van der Waals surface area (Å²) >= 11 is 5.13. The Morgan fingerprint density at radius 2 is 2.08 bits per heavy atom. The molecule has 2 amide bonds. The maximum absolute atomic E-state index is 12.2. The first-order valence-electron chi connectivity index (χ1n) is 8.23. The van der Waals surface area contributed by atoms with Gasteiger partial charge in [-0.3, -0.25) is 9.59 Å². The molecule has 1 aliphatic carbocycles. The monoisotopic (exact) mass is 347 g/mol. The van der Waals surface area contributed by atoms with Crippen LogP contribution in [0.1, 0.15) is 36.0 Å². The van der Waals surface area contributed by atoms with Crippen LogP contribution >= 0.6 is 12.2 Å². The summed E-state index contributed by atoms with van der Waals surface area (Å²) in [7, 11) is 0. The minimum atomic E-state index is -0.151. The molecule has 0 aromatic heterocycles. The van der Waals surface area contributed by atoms with Crippen molar-refractivity contribution in [3.8, 4) is 0 Å².